The summed E-state index contributed by atoms with van der Waals surface area (Å²) in [4.78, 5) is 0.141. The summed E-state index contributed by atoms with van der Waals surface area (Å²) >= 11 is 1.03. The highest BCUT2D eigenvalue weighted by molar-refractivity contribution is 7.16. The Morgan fingerprint density at radius 3 is 2.83 bits per heavy atom. The highest BCUT2D eigenvalue weighted by Crippen LogP contribution is 2.29. The normalized spacial score (nSPS) is 12.6. The largest absolute Gasteiger partial charge is 0.505 e. The zero-order chi connectivity index (χ0) is 8.77. The third kappa shape index (κ3) is 0.989. The molecule has 0 atom stereocenters. The van der Waals surface area contributed by atoms with E-state index in [1.165, 1.54) is 6.20 Å². The lowest BCUT2D eigenvalue weighted by atomic mass is 10.5. The van der Waals surface area contributed by atoms with Gasteiger partial charge in [-0.15, -0.1) is 24.5 Å². The number of aromatic nitrogens is 2. The van der Waals surface area contributed by atoms with Gasteiger partial charge in [0, 0.05) is 5.39 Å². The summed E-state index contributed by atoms with van der Waals surface area (Å²) in [5.74, 6) is 0. The second-order valence-corrected chi connectivity index (χ2v) is 3.10. The molecule has 6 heteroatoms. The molecule has 0 aliphatic rings. The van der Waals surface area contributed by atoms with Gasteiger partial charge in [0.1, 0.15) is 4.83 Å². The van der Waals surface area contributed by atoms with Crippen molar-refractivity contribution < 1.29 is 13.2 Å². The van der Waals surface area contributed by atoms with Crippen LogP contribution in [0.15, 0.2) is 17.6 Å². The van der Waals surface area contributed by atoms with Crippen LogP contribution in [0.4, 0.5) is 13.2 Å². The summed E-state index contributed by atoms with van der Waals surface area (Å²) < 4.78 is 36.5. The van der Waals surface area contributed by atoms with E-state index in [-0.39, 0.29) is 9.51 Å². The van der Waals surface area contributed by atoms with Gasteiger partial charge in [-0.3, -0.25) is 0 Å². The van der Waals surface area contributed by atoms with E-state index in [0.717, 1.165) is 11.3 Å². The number of hydrogen-bond acceptors (Lipinski definition) is 2. The van der Waals surface area contributed by atoms with Gasteiger partial charge < -0.3 is 0 Å². The number of alkyl halides is 3. The minimum atomic E-state index is -4.41. The number of rotatable bonds is 0. The van der Waals surface area contributed by atoms with Crippen LogP contribution < -0.4 is 0 Å². The molecule has 2 aromatic heterocycles. The molecule has 2 rings (SSSR count). The van der Waals surface area contributed by atoms with Crippen LogP contribution in [0.2, 0.25) is 0 Å². The average Bonchev–Trinajstić information content (AvgIpc) is 2.37. The van der Waals surface area contributed by atoms with Crippen molar-refractivity contribution >= 4 is 21.6 Å². The minimum absolute atomic E-state index is 0.0764. The van der Waals surface area contributed by atoms with Crippen molar-refractivity contribution in [1.82, 2.24) is 9.78 Å². The standard InChI is InChI=1S/C6H3F3N2S/c7-6(8,9)11-5-4(3-10-11)1-2-12-5/h1-3H. The van der Waals surface area contributed by atoms with Gasteiger partial charge in [0.25, 0.3) is 0 Å². The third-order valence-electron chi connectivity index (χ3n) is 1.42. The average molecular weight is 192 g/mol. The number of halogens is 3. The molecular weight excluding hydrogens is 189 g/mol. The minimum Gasteiger partial charge on any atom is -0.172 e. The summed E-state index contributed by atoms with van der Waals surface area (Å²) in [7, 11) is 0. The fourth-order valence-corrected chi connectivity index (χ4v) is 1.79. The van der Waals surface area contributed by atoms with Crippen LogP contribution in [0.3, 0.4) is 0 Å². The fourth-order valence-electron chi connectivity index (χ4n) is 0.935. The Balaban J connectivity index is 2.69. The van der Waals surface area contributed by atoms with Gasteiger partial charge in [-0.1, -0.05) is 0 Å². The number of thiophene rings is 1. The van der Waals surface area contributed by atoms with Gasteiger partial charge in [-0.2, -0.15) is 9.78 Å². The number of fused-ring (bicyclic) bond motifs is 1. The molecule has 0 aliphatic heterocycles. The molecule has 0 unspecified atom stereocenters. The van der Waals surface area contributed by atoms with E-state index >= 15 is 0 Å². The van der Waals surface area contributed by atoms with Gasteiger partial charge in [0.05, 0.1) is 6.20 Å². The zero-order valence-electron chi connectivity index (χ0n) is 5.67. The predicted octanol–water partition coefficient (Wildman–Crippen LogP) is 2.57. The van der Waals surface area contributed by atoms with Crippen molar-refractivity contribution in [2.24, 2.45) is 0 Å². The lowest BCUT2D eigenvalue weighted by Gasteiger charge is -2.04. The molecule has 0 fully saturated rings. The Kier molecular flexibility index (Phi) is 1.41. The molecule has 2 aromatic rings. The zero-order valence-corrected chi connectivity index (χ0v) is 6.49. The van der Waals surface area contributed by atoms with Crippen LogP contribution >= 0.6 is 11.3 Å². The smallest absolute Gasteiger partial charge is 0.172 e. The second kappa shape index (κ2) is 2.22. The highest BCUT2D eigenvalue weighted by Gasteiger charge is 2.33. The molecule has 0 amide bonds. The summed E-state index contributed by atoms with van der Waals surface area (Å²) in [6.07, 6.45) is -3.20. The van der Waals surface area contributed by atoms with E-state index in [1.54, 1.807) is 11.4 Å². The SMILES string of the molecule is FC(F)(F)n1ncc2ccsc21. The Morgan fingerprint density at radius 1 is 1.42 bits per heavy atom. The van der Waals surface area contributed by atoms with Crippen molar-refractivity contribution in [3.8, 4) is 0 Å². The van der Waals surface area contributed by atoms with E-state index in [4.69, 9.17) is 0 Å². The molecule has 0 saturated heterocycles. The van der Waals surface area contributed by atoms with Gasteiger partial charge in [-0.05, 0) is 11.4 Å². The second-order valence-electron chi connectivity index (χ2n) is 2.21. The maximum Gasteiger partial charge on any atom is 0.505 e. The van der Waals surface area contributed by atoms with E-state index < -0.39 is 6.30 Å². The van der Waals surface area contributed by atoms with Crippen molar-refractivity contribution in [2.45, 2.75) is 6.30 Å². The Morgan fingerprint density at radius 2 is 2.17 bits per heavy atom. The van der Waals surface area contributed by atoms with Crippen molar-refractivity contribution in [1.29, 1.82) is 0 Å². The van der Waals surface area contributed by atoms with Crippen LogP contribution in [0, 0.1) is 0 Å². The molecule has 0 spiro atoms. The van der Waals surface area contributed by atoms with Gasteiger partial charge in [0.15, 0.2) is 0 Å². The molecule has 2 nitrogen and oxygen atoms in total. The van der Waals surface area contributed by atoms with Crippen molar-refractivity contribution in [2.75, 3.05) is 0 Å². The first kappa shape index (κ1) is 7.60. The summed E-state index contributed by atoms with van der Waals surface area (Å²) in [6.45, 7) is 0. The summed E-state index contributed by atoms with van der Waals surface area (Å²) in [6, 6.07) is 1.61. The molecule has 0 saturated carbocycles. The molecule has 0 radical (unpaired) electrons. The first-order valence-corrected chi connectivity index (χ1v) is 3.95. The van der Waals surface area contributed by atoms with Crippen LogP contribution in [0.1, 0.15) is 0 Å². The molecule has 12 heavy (non-hydrogen) atoms. The van der Waals surface area contributed by atoms with Crippen LogP contribution in [0.25, 0.3) is 10.2 Å². The maximum atomic E-state index is 12.1. The molecule has 0 aliphatic carbocycles. The Bertz CT molecular complexity index is 400. The quantitative estimate of drug-likeness (QED) is 0.627. The monoisotopic (exact) mass is 192 g/mol. The molecule has 64 valence electrons. The van der Waals surface area contributed by atoms with E-state index in [0.29, 0.717) is 5.39 Å². The predicted molar refractivity (Wildman–Crippen MR) is 38.9 cm³/mol. The lowest BCUT2D eigenvalue weighted by molar-refractivity contribution is -0.208. The summed E-state index contributed by atoms with van der Waals surface area (Å²) in [5, 5.41) is 5.36. The van der Waals surface area contributed by atoms with Crippen LogP contribution in [-0.4, -0.2) is 9.78 Å². The highest BCUT2D eigenvalue weighted by atomic mass is 32.1. The van der Waals surface area contributed by atoms with Crippen LogP contribution in [0.5, 0.6) is 0 Å². The Hall–Kier alpha value is -1.04. The van der Waals surface area contributed by atoms with E-state index in [1.807, 2.05) is 0 Å². The maximum absolute atomic E-state index is 12.1. The third-order valence-corrected chi connectivity index (χ3v) is 2.32. The van der Waals surface area contributed by atoms with Crippen LogP contribution in [-0.2, 0) is 6.30 Å². The number of hydrogen-bond donors (Lipinski definition) is 0. The molecule has 0 aromatic carbocycles. The van der Waals surface area contributed by atoms with E-state index in [9.17, 15) is 13.2 Å². The van der Waals surface area contributed by atoms with E-state index in [2.05, 4.69) is 5.10 Å². The molecule has 0 bridgehead atoms. The van der Waals surface area contributed by atoms with Crippen molar-refractivity contribution in [3.63, 3.8) is 0 Å². The van der Waals surface area contributed by atoms with Gasteiger partial charge in [0.2, 0.25) is 0 Å². The van der Waals surface area contributed by atoms with Gasteiger partial charge in [-0.25, -0.2) is 0 Å². The molecule has 2 heterocycles. The first-order valence-electron chi connectivity index (χ1n) is 3.07. The molecular formula is C6H3F3N2S. The Labute approximate surface area is 69.2 Å². The number of nitrogens with zero attached hydrogens (tertiary/aromatic N) is 2. The lowest BCUT2D eigenvalue weighted by Crippen LogP contribution is -2.17. The van der Waals surface area contributed by atoms with Gasteiger partial charge >= 0.3 is 6.30 Å². The molecule has 0 N–H and O–H groups in total. The van der Waals surface area contributed by atoms with Crippen molar-refractivity contribution in [3.05, 3.63) is 17.6 Å². The first-order chi connectivity index (χ1) is 5.59. The topological polar surface area (TPSA) is 17.8 Å². The summed E-state index contributed by atoms with van der Waals surface area (Å²) in [5.41, 5.74) is 0. The fraction of sp³-hybridized carbons (Fsp3) is 0.167.